The highest BCUT2D eigenvalue weighted by Gasteiger charge is 2.01. The van der Waals surface area contributed by atoms with Crippen molar-refractivity contribution in [3.05, 3.63) is 23.0 Å². The Labute approximate surface area is 82.1 Å². The maximum atomic E-state index is 10.4. The van der Waals surface area contributed by atoms with Crippen LogP contribution in [0.3, 0.4) is 0 Å². The van der Waals surface area contributed by atoms with Crippen LogP contribution in [0.4, 0.5) is 5.69 Å². The Bertz CT molecular complexity index is 312. The molecule has 1 rings (SSSR count). The molecule has 0 radical (unpaired) electrons. The zero-order chi connectivity index (χ0) is 9.84. The minimum Gasteiger partial charge on any atom is -0.383 e. The number of carbonyl (C=O) groups is 1. The first-order valence-corrected chi connectivity index (χ1v) is 4.39. The van der Waals surface area contributed by atoms with E-state index in [4.69, 9.17) is 11.6 Å². The number of nitrogens with zero attached hydrogens (tertiary/aromatic N) is 1. The summed E-state index contributed by atoms with van der Waals surface area (Å²) in [5.41, 5.74) is 1.16. The van der Waals surface area contributed by atoms with E-state index in [0.717, 1.165) is 5.69 Å². The molecule has 0 aliphatic rings. The number of carbonyl (C=O) groups excluding carboxylic acids is 1. The van der Waals surface area contributed by atoms with Gasteiger partial charge in [-0.25, -0.2) is 4.98 Å². The van der Waals surface area contributed by atoms with Gasteiger partial charge in [-0.1, -0.05) is 11.6 Å². The van der Waals surface area contributed by atoms with Crippen LogP contribution in [0.2, 0.25) is 5.15 Å². The van der Waals surface area contributed by atoms with Gasteiger partial charge in [0.15, 0.2) is 6.29 Å². The molecule has 0 aliphatic carbocycles. The van der Waals surface area contributed by atoms with Crippen molar-refractivity contribution in [1.82, 2.24) is 4.98 Å². The number of aromatic nitrogens is 1. The molecule has 3 nitrogen and oxygen atoms in total. The van der Waals surface area contributed by atoms with Gasteiger partial charge >= 0.3 is 0 Å². The first-order valence-electron chi connectivity index (χ1n) is 4.01. The fraction of sp³-hybridized carbons (Fsp3) is 0.333. The van der Waals surface area contributed by atoms with Crippen LogP contribution in [0.1, 0.15) is 24.3 Å². The highest BCUT2D eigenvalue weighted by molar-refractivity contribution is 6.29. The summed E-state index contributed by atoms with van der Waals surface area (Å²) in [6, 6.07) is 3.66. The summed E-state index contributed by atoms with van der Waals surface area (Å²) < 4.78 is 0. The van der Waals surface area contributed by atoms with Crippen molar-refractivity contribution in [2.24, 2.45) is 0 Å². The van der Waals surface area contributed by atoms with E-state index >= 15 is 0 Å². The Kier molecular flexibility index (Phi) is 3.25. The lowest BCUT2D eigenvalue weighted by molar-refractivity contribution is 0.111. The number of nitrogens with one attached hydrogen (secondary N) is 1. The van der Waals surface area contributed by atoms with E-state index in [1.165, 1.54) is 0 Å². The van der Waals surface area contributed by atoms with E-state index in [1.807, 2.05) is 13.8 Å². The number of hydrogen-bond donors (Lipinski definition) is 1. The second-order valence-corrected chi connectivity index (χ2v) is 3.41. The summed E-state index contributed by atoms with van der Waals surface area (Å²) in [4.78, 5) is 14.3. The van der Waals surface area contributed by atoms with Crippen LogP contribution in [0, 0.1) is 0 Å². The predicted octanol–water partition coefficient (Wildman–Crippen LogP) is 2.37. The number of aldehydes is 1. The van der Waals surface area contributed by atoms with Gasteiger partial charge in [0.05, 0.1) is 0 Å². The van der Waals surface area contributed by atoms with Crippen LogP contribution in [0.15, 0.2) is 12.1 Å². The molecule has 0 bridgehead atoms. The fourth-order valence-electron chi connectivity index (χ4n) is 0.994. The van der Waals surface area contributed by atoms with Gasteiger partial charge in [0.25, 0.3) is 0 Å². The van der Waals surface area contributed by atoms with E-state index in [-0.39, 0.29) is 0 Å². The second kappa shape index (κ2) is 4.23. The molecule has 13 heavy (non-hydrogen) atoms. The maximum absolute atomic E-state index is 10.4. The van der Waals surface area contributed by atoms with Gasteiger partial charge < -0.3 is 5.32 Å². The lowest BCUT2D eigenvalue weighted by Gasteiger charge is -2.09. The molecule has 1 heterocycles. The van der Waals surface area contributed by atoms with Gasteiger partial charge in [-0.2, -0.15) is 0 Å². The molecule has 0 fully saturated rings. The Morgan fingerprint density at radius 2 is 2.23 bits per heavy atom. The first kappa shape index (κ1) is 9.99. The molecule has 4 heteroatoms. The molecule has 1 aromatic heterocycles. The van der Waals surface area contributed by atoms with Crippen molar-refractivity contribution in [1.29, 1.82) is 0 Å². The van der Waals surface area contributed by atoms with Crippen molar-refractivity contribution in [2.45, 2.75) is 19.9 Å². The molecule has 70 valence electrons. The van der Waals surface area contributed by atoms with Crippen LogP contribution in [0.5, 0.6) is 0 Å². The third-order valence-electron chi connectivity index (χ3n) is 1.39. The van der Waals surface area contributed by atoms with Gasteiger partial charge in [-0.05, 0) is 26.0 Å². The van der Waals surface area contributed by atoms with Crippen molar-refractivity contribution in [2.75, 3.05) is 5.32 Å². The quantitative estimate of drug-likeness (QED) is 0.599. The summed E-state index contributed by atoms with van der Waals surface area (Å²) in [6.07, 6.45) is 0.678. The molecular weight excluding hydrogens is 188 g/mol. The predicted molar refractivity (Wildman–Crippen MR) is 53.4 cm³/mol. The minimum absolute atomic E-state index is 0.304. The second-order valence-electron chi connectivity index (χ2n) is 3.02. The van der Waals surface area contributed by atoms with Gasteiger partial charge in [0.2, 0.25) is 0 Å². The van der Waals surface area contributed by atoms with Crippen LogP contribution < -0.4 is 5.32 Å². The Hall–Kier alpha value is -1.09. The van der Waals surface area contributed by atoms with Crippen LogP contribution in [0.25, 0.3) is 0 Å². The Morgan fingerprint density at radius 1 is 1.54 bits per heavy atom. The summed E-state index contributed by atoms with van der Waals surface area (Å²) in [7, 11) is 0. The molecule has 1 aromatic rings. The molecular formula is C9H11ClN2O. The molecule has 0 aliphatic heterocycles. The van der Waals surface area contributed by atoms with Crippen LogP contribution >= 0.6 is 11.6 Å². The summed E-state index contributed by atoms with van der Waals surface area (Å²) in [6.45, 7) is 4.02. The Balaban J connectivity index is 2.94. The third-order valence-corrected chi connectivity index (χ3v) is 1.58. The zero-order valence-corrected chi connectivity index (χ0v) is 8.30. The Morgan fingerprint density at radius 3 is 2.77 bits per heavy atom. The van der Waals surface area contributed by atoms with Gasteiger partial charge in [-0.15, -0.1) is 0 Å². The maximum Gasteiger partial charge on any atom is 0.168 e. The molecule has 0 atom stereocenters. The molecule has 0 aromatic carbocycles. The third kappa shape index (κ3) is 3.03. The lowest BCUT2D eigenvalue weighted by Crippen LogP contribution is -2.10. The summed E-state index contributed by atoms with van der Waals surface area (Å²) in [5.74, 6) is 0. The van der Waals surface area contributed by atoms with Crippen molar-refractivity contribution in [3.8, 4) is 0 Å². The number of halogens is 1. The van der Waals surface area contributed by atoms with Gasteiger partial charge in [-0.3, -0.25) is 4.79 Å². The highest BCUT2D eigenvalue weighted by Crippen LogP contribution is 2.15. The van der Waals surface area contributed by atoms with Crippen LogP contribution in [-0.2, 0) is 0 Å². The van der Waals surface area contributed by atoms with Crippen molar-refractivity contribution < 1.29 is 4.79 Å². The molecule has 1 N–H and O–H groups in total. The van der Waals surface area contributed by atoms with Crippen molar-refractivity contribution >= 4 is 23.6 Å². The number of hydrogen-bond acceptors (Lipinski definition) is 3. The number of anilines is 1. The van der Waals surface area contributed by atoms with E-state index < -0.39 is 0 Å². The van der Waals surface area contributed by atoms with Crippen molar-refractivity contribution in [3.63, 3.8) is 0 Å². The standard InChI is InChI=1S/C9H11ClN2O/c1-6(2)11-7-3-8(5-13)12-9(10)4-7/h3-6H,1-2H3,(H,11,12). The minimum atomic E-state index is 0.304. The van der Waals surface area contributed by atoms with Gasteiger partial charge in [0, 0.05) is 11.7 Å². The number of rotatable bonds is 3. The van der Waals surface area contributed by atoms with Crippen LogP contribution in [-0.4, -0.2) is 17.3 Å². The topological polar surface area (TPSA) is 42.0 Å². The van der Waals surface area contributed by atoms with Gasteiger partial charge in [0.1, 0.15) is 10.8 Å². The lowest BCUT2D eigenvalue weighted by atomic mass is 10.3. The highest BCUT2D eigenvalue weighted by atomic mass is 35.5. The first-order chi connectivity index (χ1) is 6.11. The van der Waals surface area contributed by atoms with E-state index in [2.05, 4.69) is 10.3 Å². The largest absolute Gasteiger partial charge is 0.383 e. The number of pyridine rings is 1. The zero-order valence-electron chi connectivity index (χ0n) is 7.54. The van der Waals surface area contributed by atoms with E-state index in [1.54, 1.807) is 12.1 Å². The molecule has 0 saturated heterocycles. The van der Waals surface area contributed by atoms with E-state index in [0.29, 0.717) is 23.2 Å². The monoisotopic (exact) mass is 198 g/mol. The molecule has 0 unspecified atom stereocenters. The molecule has 0 amide bonds. The molecule has 0 spiro atoms. The SMILES string of the molecule is CC(C)Nc1cc(Cl)nc(C=O)c1. The normalized spacial score (nSPS) is 10.2. The molecule has 0 saturated carbocycles. The van der Waals surface area contributed by atoms with E-state index in [9.17, 15) is 4.79 Å². The average molecular weight is 199 g/mol. The summed E-state index contributed by atoms with van der Waals surface area (Å²) >= 11 is 5.70. The fourth-order valence-corrected chi connectivity index (χ4v) is 1.21. The average Bonchev–Trinajstić information content (AvgIpc) is 2.01. The smallest absolute Gasteiger partial charge is 0.168 e. The summed E-state index contributed by atoms with van der Waals surface area (Å²) in [5, 5.41) is 3.46.